The zero-order valence-electron chi connectivity index (χ0n) is 11.3. The van der Waals surface area contributed by atoms with Gasteiger partial charge in [-0.15, -0.1) is 0 Å². The molecule has 3 unspecified atom stereocenters. The number of carboxylic acid groups (broad SMARTS) is 1. The molecule has 3 atom stereocenters. The zero-order valence-corrected chi connectivity index (χ0v) is 11.3. The zero-order chi connectivity index (χ0) is 13.5. The Hall–Kier alpha value is -1.10. The molecule has 102 valence electrons. The van der Waals surface area contributed by atoms with Gasteiger partial charge in [0.2, 0.25) is 5.91 Å². The van der Waals surface area contributed by atoms with Gasteiger partial charge < -0.3 is 15.3 Å². The van der Waals surface area contributed by atoms with Crippen molar-refractivity contribution in [3.8, 4) is 0 Å². The molecule has 18 heavy (non-hydrogen) atoms. The fraction of sp³-hybridized carbons (Fsp3) is 0.846. The van der Waals surface area contributed by atoms with Crippen LogP contribution in [0.3, 0.4) is 0 Å². The van der Waals surface area contributed by atoms with Gasteiger partial charge in [-0.25, -0.2) is 4.79 Å². The number of carbonyl (C=O) groups excluding carboxylic acids is 1. The highest BCUT2D eigenvalue weighted by Crippen LogP contribution is 2.42. The van der Waals surface area contributed by atoms with Gasteiger partial charge in [0.25, 0.3) is 0 Å². The molecule has 1 aliphatic carbocycles. The Morgan fingerprint density at radius 2 is 2.00 bits per heavy atom. The summed E-state index contributed by atoms with van der Waals surface area (Å²) in [6.07, 6.45) is 3.08. The summed E-state index contributed by atoms with van der Waals surface area (Å²) >= 11 is 0. The highest BCUT2D eigenvalue weighted by molar-refractivity contribution is 5.90. The van der Waals surface area contributed by atoms with Crippen LogP contribution in [-0.2, 0) is 9.59 Å². The lowest BCUT2D eigenvalue weighted by atomic mass is 9.94. The lowest BCUT2D eigenvalue weighted by molar-refractivity contribution is -0.151. The largest absolute Gasteiger partial charge is 0.480 e. The minimum Gasteiger partial charge on any atom is -0.480 e. The van der Waals surface area contributed by atoms with Gasteiger partial charge in [0.15, 0.2) is 0 Å². The third kappa shape index (κ3) is 2.00. The number of amides is 1. The number of hydrogen-bond acceptors (Lipinski definition) is 3. The van der Waals surface area contributed by atoms with Crippen LogP contribution >= 0.6 is 0 Å². The summed E-state index contributed by atoms with van der Waals surface area (Å²) in [6, 6.07) is -0.627. The Labute approximate surface area is 108 Å². The van der Waals surface area contributed by atoms with Crippen molar-refractivity contribution in [3.05, 3.63) is 0 Å². The van der Waals surface area contributed by atoms with E-state index in [0.717, 1.165) is 19.3 Å². The SMILES string of the molecule is CNC(C)(C)C(=O)N1CC2CCCC2C1C(=O)O. The average molecular weight is 254 g/mol. The van der Waals surface area contributed by atoms with Crippen molar-refractivity contribution >= 4 is 11.9 Å². The van der Waals surface area contributed by atoms with Crippen LogP contribution in [0.15, 0.2) is 0 Å². The summed E-state index contributed by atoms with van der Waals surface area (Å²) < 4.78 is 0. The van der Waals surface area contributed by atoms with Crippen molar-refractivity contribution in [2.45, 2.75) is 44.7 Å². The molecule has 0 bridgehead atoms. The highest BCUT2D eigenvalue weighted by atomic mass is 16.4. The van der Waals surface area contributed by atoms with E-state index in [1.165, 1.54) is 0 Å². The fourth-order valence-corrected chi connectivity index (χ4v) is 3.30. The molecule has 0 aromatic carbocycles. The van der Waals surface area contributed by atoms with E-state index in [9.17, 15) is 14.7 Å². The quantitative estimate of drug-likeness (QED) is 0.777. The third-order valence-electron chi connectivity index (χ3n) is 4.56. The van der Waals surface area contributed by atoms with Crippen LogP contribution in [-0.4, -0.2) is 47.1 Å². The number of likely N-dealkylation sites (N-methyl/N-ethyl adjacent to an activating group) is 1. The molecular weight excluding hydrogens is 232 g/mol. The van der Waals surface area contributed by atoms with Crippen LogP contribution in [0.5, 0.6) is 0 Å². The molecule has 1 heterocycles. The maximum atomic E-state index is 12.4. The molecule has 1 aliphatic heterocycles. The summed E-state index contributed by atoms with van der Waals surface area (Å²) in [5.74, 6) is -0.432. The number of hydrogen-bond donors (Lipinski definition) is 2. The maximum Gasteiger partial charge on any atom is 0.326 e. The Morgan fingerprint density at radius 3 is 2.56 bits per heavy atom. The van der Waals surface area contributed by atoms with Gasteiger partial charge in [-0.2, -0.15) is 0 Å². The first kappa shape index (κ1) is 13.3. The highest BCUT2D eigenvalue weighted by Gasteiger charge is 2.51. The molecule has 2 aliphatic rings. The minimum atomic E-state index is -0.857. The molecule has 2 N–H and O–H groups in total. The maximum absolute atomic E-state index is 12.4. The molecule has 0 aromatic rings. The summed E-state index contributed by atoms with van der Waals surface area (Å²) in [6.45, 7) is 4.19. The van der Waals surface area contributed by atoms with E-state index >= 15 is 0 Å². The Bertz CT molecular complexity index is 367. The summed E-state index contributed by atoms with van der Waals surface area (Å²) in [5.41, 5.74) is -0.702. The fourth-order valence-electron chi connectivity index (χ4n) is 3.30. The van der Waals surface area contributed by atoms with Crippen molar-refractivity contribution in [1.82, 2.24) is 10.2 Å². The molecule has 0 aromatic heterocycles. The lowest BCUT2D eigenvalue weighted by Gasteiger charge is -2.32. The average Bonchev–Trinajstić information content (AvgIpc) is 2.86. The second-order valence-electron chi connectivity index (χ2n) is 5.97. The van der Waals surface area contributed by atoms with Crippen LogP contribution in [0.2, 0.25) is 0 Å². The molecule has 1 saturated heterocycles. The standard InChI is InChI=1S/C13H22N2O3/c1-13(2,14-3)12(18)15-7-8-5-4-6-9(8)10(15)11(16)17/h8-10,14H,4-7H2,1-3H3,(H,16,17). The van der Waals surface area contributed by atoms with Crippen molar-refractivity contribution < 1.29 is 14.7 Å². The molecule has 0 radical (unpaired) electrons. The van der Waals surface area contributed by atoms with Crippen molar-refractivity contribution in [3.63, 3.8) is 0 Å². The van der Waals surface area contributed by atoms with Gasteiger partial charge >= 0.3 is 5.97 Å². The van der Waals surface area contributed by atoms with Gasteiger partial charge in [0.05, 0.1) is 5.54 Å². The first-order valence-corrected chi connectivity index (χ1v) is 6.61. The summed E-state index contributed by atoms with van der Waals surface area (Å²) in [7, 11) is 1.73. The Morgan fingerprint density at radius 1 is 1.33 bits per heavy atom. The van der Waals surface area contributed by atoms with Gasteiger partial charge in [-0.1, -0.05) is 6.42 Å². The summed E-state index contributed by atoms with van der Waals surface area (Å²) in [4.78, 5) is 25.5. The smallest absolute Gasteiger partial charge is 0.326 e. The minimum absolute atomic E-state index is 0.105. The van der Waals surface area contributed by atoms with E-state index in [0.29, 0.717) is 12.5 Å². The van der Waals surface area contributed by atoms with Gasteiger partial charge in [-0.05, 0) is 45.6 Å². The van der Waals surface area contributed by atoms with Crippen LogP contribution < -0.4 is 5.32 Å². The topological polar surface area (TPSA) is 69.6 Å². The van der Waals surface area contributed by atoms with E-state index in [2.05, 4.69) is 5.32 Å². The van der Waals surface area contributed by atoms with Gasteiger partial charge in [0, 0.05) is 6.54 Å². The van der Waals surface area contributed by atoms with E-state index in [1.54, 1.807) is 25.8 Å². The second kappa shape index (κ2) is 4.53. The van der Waals surface area contributed by atoms with E-state index in [-0.39, 0.29) is 11.8 Å². The van der Waals surface area contributed by atoms with E-state index in [4.69, 9.17) is 0 Å². The van der Waals surface area contributed by atoms with Crippen LogP contribution in [0.1, 0.15) is 33.1 Å². The van der Waals surface area contributed by atoms with Crippen LogP contribution in [0.4, 0.5) is 0 Å². The molecule has 0 spiro atoms. The van der Waals surface area contributed by atoms with Crippen LogP contribution in [0, 0.1) is 11.8 Å². The predicted molar refractivity (Wildman–Crippen MR) is 67.1 cm³/mol. The van der Waals surface area contributed by atoms with Crippen LogP contribution in [0.25, 0.3) is 0 Å². The van der Waals surface area contributed by atoms with Gasteiger partial charge in [0.1, 0.15) is 6.04 Å². The predicted octanol–water partition coefficient (Wildman–Crippen LogP) is 0.696. The molecule has 1 saturated carbocycles. The van der Waals surface area contributed by atoms with E-state index in [1.807, 2.05) is 0 Å². The number of carbonyl (C=O) groups is 2. The molecule has 5 heteroatoms. The lowest BCUT2D eigenvalue weighted by Crippen LogP contribution is -2.56. The molecule has 2 fully saturated rings. The third-order valence-corrected chi connectivity index (χ3v) is 4.56. The number of aliphatic carboxylic acids is 1. The molecule has 2 rings (SSSR count). The number of carboxylic acids is 1. The molecule has 1 amide bonds. The monoisotopic (exact) mass is 254 g/mol. The van der Waals surface area contributed by atoms with Gasteiger partial charge in [-0.3, -0.25) is 4.79 Å². The number of likely N-dealkylation sites (tertiary alicyclic amines) is 1. The number of fused-ring (bicyclic) bond motifs is 1. The second-order valence-corrected chi connectivity index (χ2v) is 5.97. The van der Waals surface area contributed by atoms with Crippen molar-refractivity contribution in [2.75, 3.05) is 13.6 Å². The number of rotatable bonds is 3. The first-order chi connectivity index (χ1) is 8.38. The van der Waals surface area contributed by atoms with E-state index < -0.39 is 17.6 Å². The molecular formula is C13H22N2O3. The first-order valence-electron chi connectivity index (χ1n) is 6.61. The molecule has 5 nitrogen and oxygen atoms in total. The van der Waals surface area contributed by atoms with Crippen molar-refractivity contribution in [1.29, 1.82) is 0 Å². The Kier molecular flexibility index (Phi) is 3.36. The summed E-state index contributed by atoms with van der Waals surface area (Å²) in [5, 5.41) is 12.4. The Balaban J connectivity index is 2.22. The normalized spacial score (nSPS) is 31.5. The number of nitrogens with zero attached hydrogens (tertiary/aromatic N) is 1. The van der Waals surface area contributed by atoms with Crippen molar-refractivity contribution in [2.24, 2.45) is 11.8 Å². The number of nitrogens with one attached hydrogen (secondary N) is 1.